The van der Waals surface area contributed by atoms with Gasteiger partial charge in [0.05, 0.1) is 11.8 Å². The lowest BCUT2D eigenvalue weighted by molar-refractivity contribution is -0.137. The first-order chi connectivity index (χ1) is 9.54. The largest absolute Gasteiger partial charge is 0.481 e. The molecule has 1 fully saturated rings. The molecule has 1 aromatic rings. The Balaban J connectivity index is 2.17. The second-order valence-corrected chi connectivity index (χ2v) is 6.11. The Morgan fingerprint density at radius 2 is 2.00 bits per heavy atom. The zero-order valence-corrected chi connectivity index (χ0v) is 12.8. The topological polar surface area (TPSA) is 66.4 Å². The predicted molar refractivity (Wildman–Crippen MR) is 79.6 cm³/mol. The van der Waals surface area contributed by atoms with Crippen molar-refractivity contribution in [3.63, 3.8) is 0 Å². The molecule has 0 radical (unpaired) electrons. The van der Waals surface area contributed by atoms with Crippen molar-refractivity contribution in [1.29, 1.82) is 0 Å². The molecule has 4 nitrogen and oxygen atoms in total. The summed E-state index contributed by atoms with van der Waals surface area (Å²) in [4.78, 5) is 23.1. The quantitative estimate of drug-likeness (QED) is 0.866. The zero-order valence-electron chi connectivity index (χ0n) is 11.2. The van der Waals surface area contributed by atoms with Crippen molar-refractivity contribution in [2.75, 3.05) is 6.54 Å². The van der Waals surface area contributed by atoms with E-state index in [0.717, 1.165) is 35.7 Å². The molecular weight excluding hydrogens is 322 g/mol. The first kappa shape index (κ1) is 15.0. The van der Waals surface area contributed by atoms with Crippen LogP contribution in [-0.2, 0) is 15.0 Å². The average molecular weight is 340 g/mol. The Hall–Kier alpha value is -1.36. The van der Waals surface area contributed by atoms with Gasteiger partial charge in [-0.25, -0.2) is 0 Å². The minimum atomic E-state index is -0.895. The van der Waals surface area contributed by atoms with Gasteiger partial charge in [0.25, 0.3) is 0 Å². The van der Waals surface area contributed by atoms with Crippen molar-refractivity contribution in [2.24, 2.45) is 0 Å². The van der Waals surface area contributed by atoms with Crippen LogP contribution in [-0.4, -0.2) is 23.5 Å². The van der Waals surface area contributed by atoms with Gasteiger partial charge in [0.2, 0.25) is 5.91 Å². The number of carbonyl (C=O) groups is 2. The second kappa shape index (κ2) is 6.39. The van der Waals surface area contributed by atoms with E-state index in [0.29, 0.717) is 0 Å². The summed E-state index contributed by atoms with van der Waals surface area (Å²) in [5.41, 5.74) is 0.514. The maximum atomic E-state index is 12.5. The molecule has 108 valence electrons. The Kier molecular flexibility index (Phi) is 4.81. The summed E-state index contributed by atoms with van der Waals surface area (Å²) in [6, 6.07) is 7.84. The monoisotopic (exact) mass is 339 g/mol. The van der Waals surface area contributed by atoms with Crippen LogP contribution < -0.4 is 5.32 Å². The third-order valence-corrected chi connectivity index (χ3v) is 4.39. The number of hydrogen-bond acceptors (Lipinski definition) is 2. The van der Waals surface area contributed by atoms with Crippen LogP contribution in [0, 0.1) is 0 Å². The summed E-state index contributed by atoms with van der Waals surface area (Å²) in [5.74, 6) is -0.942. The van der Waals surface area contributed by atoms with Gasteiger partial charge in [-0.3, -0.25) is 9.59 Å². The van der Waals surface area contributed by atoms with Crippen LogP contribution in [0.3, 0.4) is 0 Å². The van der Waals surface area contributed by atoms with Crippen LogP contribution in [0.15, 0.2) is 28.7 Å². The highest BCUT2D eigenvalue weighted by molar-refractivity contribution is 9.10. The number of carboxylic acid groups (broad SMARTS) is 1. The number of rotatable bonds is 5. The molecule has 0 unspecified atom stereocenters. The van der Waals surface area contributed by atoms with Gasteiger partial charge >= 0.3 is 5.97 Å². The number of hydrogen-bond donors (Lipinski definition) is 2. The summed E-state index contributed by atoms with van der Waals surface area (Å²) in [6.45, 7) is 0.184. The molecule has 20 heavy (non-hydrogen) atoms. The number of amides is 1. The van der Waals surface area contributed by atoms with Gasteiger partial charge in [-0.05, 0) is 30.5 Å². The number of aliphatic carboxylic acids is 1. The fraction of sp³-hybridized carbons (Fsp3) is 0.467. The summed E-state index contributed by atoms with van der Waals surface area (Å²) in [6.07, 6.45) is 3.66. The predicted octanol–water partition coefficient (Wildman–Crippen LogP) is 2.85. The fourth-order valence-electron chi connectivity index (χ4n) is 2.86. The average Bonchev–Trinajstić information content (AvgIpc) is 2.88. The number of carboxylic acids is 1. The van der Waals surface area contributed by atoms with Crippen LogP contribution in [0.1, 0.15) is 37.7 Å². The molecule has 0 heterocycles. The van der Waals surface area contributed by atoms with E-state index in [9.17, 15) is 9.59 Å². The smallest absolute Gasteiger partial charge is 0.305 e. The SMILES string of the molecule is O=C(O)CCNC(=O)C1(c2cccc(Br)c2)CCCC1. The maximum Gasteiger partial charge on any atom is 0.305 e. The lowest BCUT2D eigenvalue weighted by Crippen LogP contribution is -2.43. The van der Waals surface area contributed by atoms with Crippen molar-refractivity contribution in [1.82, 2.24) is 5.32 Å². The van der Waals surface area contributed by atoms with E-state index in [2.05, 4.69) is 21.2 Å². The van der Waals surface area contributed by atoms with Gasteiger partial charge in [0.15, 0.2) is 0 Å². The molecular formula is C15H18BrNO3. The van der Waals surface area contributed by atoms with Gasteiger partial charge in [-0.1, -0.05) is 40.9 Å². The van der Waals surface area contributed by atoms with Crippen LogP contribution in [0.5, 0.6) is 0 Å². The molecule has 1 saturated carbocycles. The first-order valence-electron chi connectivity index (χ1n) is 6.81. The summed E-state index contributed by atoms with van der Waals surface area (Å²) < 4.78 is 0.958. The third kappa shape index (κ3) is 3.20. The molecule has 2 rings (SSSR count). The Bertz CT molecular complexity index is 510. The van der Waals surface area contributed by atoms with E-state index < -0.39 is 11.4 Å². The van der Waals surface area contributed by atoms with Gasteiger partial charge in [0.1, 0.15) is 0 Å². The van der Waals surface area contributed by atoms with E-state index in [1.807, 2.05) is 24.3 Å². The van der Waals surface area contributed by atoms with Crippen LogP contribution in [0.2, 0.25) is 0 Å². The molecule has 1 aliphatic carbocycles. The number of benzene rings is 1. The highest BCUT2D eigenvalue weighted by Gasteiger charge is 2.42. The van der Waals surface area contributed by atoms with E-state index >= 15 is 0 Å². The van der Waals surface area contributed by atoms with E-state index in [1.54, 1.807) is 0 Å². The molecule has 0 aliphatic heterocycles. The molecule has 1 aromatic carbocycles. The van der Waals surface area contributed by atoms with Crippen molar-refractivity contribution in [3.8, 4) is 0 Å². The van der Waals surface area contributed by atoms with Crippen molar-refractivity contribution in [2.45, 2.75) is 37.5 Å². The van der Waals surface area contributed by atoms with Crippen LogP contribution in [0.25, 0.3) is 0 Å². The zero-order chi connectivity index (χ0) is 14.6. The van der Waals surface area contributed by atoms with E-state index in [4.69, 9.17) is 5.11 Å². The summed E-state index contributed by atoms with van der Waals surface area (Å²) in [7, 11) is 0. The summed E-state index contributed by atoms with van der Waals surface area (Å²) >= 11 is 3.44. The van der Waals surface area contributed by atoms with Crippen molar-refractivity contribution < 1.29 is 14.7 Å². The first-order valence-corrected chi connectivity index (χ1v) is 7.60. The molecule has 0 atom stereocenters. The van der Waals surface area contributed by atoms with E-state index in [1.165, 1.54) is 0 Å². The molecule has 0 saturated heterocycles. The lowest BCUT2D eigenvalue weighted by Gasteiger charge is -2.28. The minimum absolute atomic E-state index is 0.0414. The molecule has 0 bridgehead atoms. The van der Waals surface area contributed by atoms with Gasteiger partial charge < -0.3 is 10.4 Å². The second-order valence-electron chi connectivity index (χ2n) is 5.20. The van der Waals surface area contributed by atoms with E-state index in [-0.39, 0.29) is 18.9 Å². The molecule has 1 amide bonds. The van der Waals surface area contributed by atoms with Gasteiger partial charge in [-0.15, -0.1) is 0 Å². The molecule has 1 aliphatic rings. The summed E-state index contributed by atoms with van der Waals surface area (Å²) in [5, 5.41) is 11.4. The molecule has 0 aromatic heterocycles. The normalized spacial score (nSPS) is 16.9. The number of halogens is 1. The standard InChI is InChI=1S/C15H18BrNO3/c16-12-5-3-4-11(10-12)15(7-1-2-8-15)14(20)17-9-6-13(18)19/h3-5,10H,1-2,6-9H2,(H,17,20)(H,18,19). The highest BCUT2D eigenvalue weighted by Crippen LogP contribution is 2.42. The van der Waals surface area contributed by atoms with Gasteiger partial charge in [-0.2, -0.15) is 0 Å². The minimum Gasteiger partial charge on any atom is -0.481 e. The molecule has 2 N–H and O–H groups in total. The maximum absolute atomic E-state index is 12.5. The van der Waals surface area contributed by atoms with Crippen LogP contribution >= 0.6 is 15.9 Å². The number of nitrogens with one attached hydrogen (secondary N) is 1. The molecule has 5 heteroatoms. The fourth-order valence-corrected chi connectivity index (χ4v) is 3.26. The molecule has 0 spiro atoms. The van der Waals surface area contributed by atoms with Crippen molar-refractivity contribution in [3.05, 3.63) is 34.3 Å². The lowest BCUT2D eigenvalue weighted by atomic mass is 9.78. The van der Waals surface area contributed by atoms with Crippen LogP contribution in [0.4, 0.5) is 0 Å². The van der Waals surface area contributed by atoms with Gasteiger partial charge in [0, 0.05) is 11.0 Å². The third-order valence-electron chi connectivity index (χ3n) is 3.89. The highest BCUT2D eigenvalue weighted by atomic mass is 79.9. The van der Waals surface area contributed by atoms with Crippen molar-refractivity contribution >= 4 is 27.8 Å². The Labute approximate surface area is 126 Å². The Morgan fingerprint density at radius 1 is 1.30 bits per heavy atom. The Morgan fingerprint density at radius 3 is 2.60 bits per heavy atom. The number of carbonyl (C=O) groups excluding carboxylic acids is 1.